The van der Waals surface area contributed by atoms with E-state index in [1.807, 2.05) is 19.9 Å². The van der Waals surface area contributed by atoms with Crippen molar-refractivity contribution >= 4 is 47.2 Å². The molecule has 0 fully saturated rings. The van der Waals surface area contributed by atoms with E-state index in [-0.39, 0.29) is 11.3 Å². The van der Waals surface area contributed by atoms with Crippen molar-refractivity contribution in [1.82, 2.24) is 4.98 Å². The van der Waals surface area contributed by atoms with Crippen molar-refractivity contribution in [3.05, 3.63) is 85.6 Å². The molecule has 0 aliphatic carbocycles. The number of rotatable bonds is 8. The second kappa shape index (κ2) is 10.8. The van der Waals surface area contributed by atoms with E-state index in [9.17, 15) is 9.90 Å². The van der Waals surface area contributed by atoms with Crippen LogP contribution in [0.15, 0.2) is 36.5 Å². The molecule has 0 saturated carbocycles. The highest BCUT2D eigenvalue weighted by atomic mass is 35.5. The van der Waals surface area contributed by atoms with Crippen LogP contribution >= 0.6 is 23.2 Å². The molecule has 2 N–H and O–H groups in total. The summed E-state index contributed by atoms with van der Waals surface area (Å²) >= 11 is 12.9. The summed E-state index contributed by atoms with van der Waals surface area (Å²) in [5.74, 6) is -0.386. The molecule has 3 rings (SSSR count). The Balaban J connectivity index is 1.92. The summed E-state index contributed by atoms with van der Waals surface area (Å²) in [6.07, 6.45) is 5.25. The number of nitrogens with one attached hydrogen (secondary N) is 1. The van der Waals surface area contributed by atoms with Gasteiger partial charge in [-0.1, -0.05) is 49.2 Å². The fraction of sp³-hybridized carbons (Fsp3) is 0.231. The Morgan fingerprint density at radius 3 is 2.33 bits per heavy atom. The van der Waals surface area contributed by atoms with Gasteiger partial charge in [-0.3, -0.25) is 9.78 Å². The van der Waals surface area contributed by atoms with Gasteiger partial charge >= 0.3 is 0 Å². The van der Waals surface area contributed by atoms with Gasteiger partial charge in [0.15, 0.2) is 0 Å². The van der Waals surface area contributed by atoms with Crippen molar-refractivity contribution in [2.24, 2.45) is 0 Å². The van der Waals surface area contributed by atoms with Crippen LogP contribution in [0.2, 0.25) is 10.0 Å². The Bertz CT molecular complexity index is 1180. The lowest BCUT2D eigenvalue weighted by molar-refractivity contribution is -0.105. The van der Waals surface area contributed by atoms with Gasteiger partial charge < -0.3 is 10.4 Å². The molecule has 0 spiro atoms. The standard InChI is InChI=1S/C26H25Cl2FN2O2/c1-4-17-11-18(5-2)26(28)24(25(17)27)21(29)10-16-6-7-19(30-13-16)12-20-15(3)23(33)9-8-22(20)31-14-32/h6-11,13-14,33H,4-5,12H2,1-3H3,(H,31,32)/b21-10-. The molecule has 0 aliphatic rings. The quantitative estimate of drug-likeness (QED) is 0.262. The number of anilines is 1. The molecule has 0 atom stereocenters. The topological polar surface area (TPSA) is 62.2 Å². The van der Waals surface area contributed by atoms with Crippen molar-refractivity contribution in [2.45, 2.75) is 40.0 Å². The van der Waals surface area contributed by atoms with Gasteiger partial charge in [0.2, 0.25) is 6.41 Å². The predicted octanol–water partition coefficient (Wildman–Crippen LogP) is 7.15. The molecule has 1 aromatic heterocycles. The minimum atomic E-state index is -0.522. The molecule has 1 amide bonds. The lowest BCUT2D eigenvalue weighted by Gasteiger charge is -2.14. The first-order valence-corrected chi connectivity index (χ1v) is 11.4. The SMILES string of the molecule is CCc1cc(CC)c(Cl)c(/C(F)=C/c2ccc(Cc3c(NC=O)ccc(O)c3C)nc2)c1Cl. The number of hydrogen-bond acceptors (Lipinski definition) is 3. The predicted molar refractivity (Wildman–Crippen MR) is 134 cm³/mol. The van der Waals surface area contributed by atoms with Crippen LogP contribution in [0, 0.1) is 6.92 Å². The maximum absolute atomic E-state index is 15.3. The molecule has 7 heteroatoms. The zero-order valence-electron chi connectivity index (χ0n) is 18.7. The first-order valence-electron chi connectivity index (χ1n) is 10.6. The second-order valence-corrected chi connectivity index (χ2v) is 8.41. The normalized spacial score (nSPS) is 11.5. The van der Waals surface area contributed by atoms with Crippen LogP contribution in [-0.2, 0) is 24.1 Å². The number of benzene rings is 2. The third-order valence-corrected chi connectivity index (χ3v) is 6.50. The second-order valence-electron chi connectivity index (χ2n) is 7.65. The lowest BCUT2D eigenvalue weighted by Crippen LogP contribution is -2.03. The number of carbonyl (C=O) groups excluding carboxylic acids is 1. The number of halogens is 3. The molecule has 0 radical (unpaired) electrons. The first-order chi connectivity index (χ1) is 15.8. The molecule has 0 aliphatic heterocycles. The van der Waals surface area contributed by atoms with E-state index in [0.29, 0.717) is 58.2 Å². The Hall–Kier alpha value is -2.89. The summed E-state index contributed by atoms with van der Waals surface area (Å²) in [4.78, 5) is 15.3. The third kappa shape index (κ3) is 5.37. The van der Waals surface area contributed by atoms with Crippen LogP contribution in [0.5, 0.6) is 5.75 Å². The van der Waals surface area contributed by atoms with Gasteiger partial charge in [-0.2, -0.15) is 0 Å². The third-order valence-electron chi connectivity index (χ3n) is 5.64. The van der Waals surface area contributed by atoms with Crippen molar-refractivity contribution in [3.63, 3.8) is 0 Å². The zero-order valence-corrected chi connectivity index (χ0v) is 20.2. The molecule has 0 bridgehead atoms. The molecule has 3 aromatic rings. The Kier molecular flexibility index (Phi) is 8.11. The summed E-state index contributed by atoms with van der Waals surface area (Å²) in [6, 6.07) is 8.62. The van der Waals surface area contributed by atoms with E-state index in [4.69, 9.17) is 23.2 Å². The molecule has 172 valence electrons. The number of hydrogen-bond donors (Lipinski definition) is 2. The summed E-state index contributed by atoms with van der Waals surface area (Å²) in [5.41, 5.74) is 5.19. The van der Waals surface area contributed by atoms with Gasteiger partial charge in [0.25, 0.3) is 0 Å². The highest BCUT2D eigenvalue weighted by Gasteiger charge is 2.18. The molecule has 4 nitrogen and oxygen atoms in total. The number of phenolic OH excluding ortho intramolecular Hbond substituents is 1. The number of nitrogens with zero attached hydrogens (tertiary/aromatic N) is 1. The van der Waals surface area contributed by atoms with E-state index >= 15 is 4.39 Å². The van der Waals surface area contributed by atoms with E-state index in [1.165, 1.54) is 12.1 Å². The summed E-state index contributed by atoms with van der Waals surface area (Å²) in [6.45, 7) is 5.70. The van der Waals surface area contributed by atoms with Crippen molar-refractivity contribution in [2.75, 3.05) is 5.32 Å². The van der Waals surface area contributed by atoms with Crippen LogP contribution in [0.25, 0.3) is 11.9 Å². The van der Waals surface area contributed by atoms with E-state index in [2.05, 4.69) is 10.3 Å². The molecule has 33 heavy (non-hydrogen) atoms. The van der Waals surface area contributed by atoms with Gasteiger partial charge in [-0.05, 0) is 71.9 Å². The number of aromatic nitrogens is 1. The van der Waals surface area contributed by atoms with Crippen LogP contribution in [0.3, 0.4) is 0 Å². The number of aromatic hydroxyl groups is 1. The number of aryl methyl sites for hydroxylation is 2. The van der Waals surface area contributed by atoms with Crippen LogP contribution in [0.4, 0.5) is 10.1 Å². The fourth-order valence-electron chi connectivity index (χ4n) is 3.68. The van der Waals surface area contributed by atoms with Gasteiger partial charge in [0.1, 0.15) is 11.6 Å². The number of carbonyl (C=O) groups is 1. The van der Waals surface area contributed by atoms with Crippen molar-refractivity contribution in [1.29, 1.82) is 0 Å². The minimum absolute atomic E-state index is 0.137. The maximum Gasteiger partial charge on any atom is 0.211 e. The van der Waals surface area contributed by atoms with E-state index < -0.39 is 5.83 Å². The Morgan fingerprint density at radius 2 is 1.79 bits per heavy atom. The number of phenols is 1. The summed E-state index contributed by atoms with van der Waals surface area (Å²) < 4.78 is 15.3. The summed E-state index contributed by atoms with van der Waals surface area (Å²) in [5, 5.41) is 13.3. The van der Waals surface area contributed by atoms with Gasteiger partial charge in [0.05, 0.1) is 10.0 Å². The molecule has 0 unspecified atom stereocenters. The molecular formula is C26H25Cl2FN2O2. The number of amides is 1. The van der Waals surface area contributed by atoms with Crippen LogP contribution < -0.4 is 5.32 Å². The molecule has 2 aromatic carbocycles. The van der Waals surface area contributed by atoms with Crippen LogP contribution in [0.1, 0.15) is 52.9 Å². The maximum atomic E-state index is 15.3. The van der Waals surface area contributed by atoms with Gasteiger partial charge in [-0.15, -0.1) is 0 Å². The fourth-order valence-corrected chi connectivity index (χ4v) is 4.47. The average molecular weight is 487 g/mol. The van der Waals surface area contributed by atoms with Crippen LogP contribution in [-0.4, -0.2) is 16.5 Å². The van der Waals surface area contributed by atoms with E-state index in [1.54, 1.807) is 31.3 Å². The highest BCUT2D eigenvalue weighted by Crippen LogP contribution is 2.38. The largest absolute Gasteiger partial charge is 0.508 e. The highest BCUT2D eigenvalue weighted by molar-refractivity contribution is 6.38. The molecule has 1 heterocycles. The minimum Gasteiger partial charge on any atom is -0.508 e. The summed E-state index contributed by atoms with van der Waals surface area (Å²) in [7, 11) is 0. The lowest BCUT2D eigenvalue weighted by atomic mass is 9.99. The van der Waals surface area contributed by atoms with Gasteiger partial charge in [0, 0.05) is 29.6 Å². The molecular weight excluding hydrogens is 462 g/mol. The first kappa shape index (κ1) is 24.7. The smallest absolute Gasteiger partial charge is 0.211 e. The van der Waals surface area contributed by atoms with Crippen molar-refractivity contribution in [3.8, 4) is 5.75 Å². The Morgan fingerprint density at radius 1 is 1.12 bits per heavy atom. The van der Waals surface area contributed by atoms with E-state index in [0.717, 1.165) is 16.7 Å². The zero-order chi connectivity index (χ0) is 24.1. The Labute approximate surface area is 203 Å². The monoisotopic (exact) mass is 486 g/mol. The molecule has 0 saturated heterocycles. The number of pyridine rings is 1. The average Bonchev–Trinajstić information content (AvgIpc) is 2.80. The van der Waals surface area contributed by atoms with Gasteiger partial charge in [-0.25, -0.2) is 4.39 Å². The van der Waals surface area contributed by atoms with Crippen molar-refractivity contribution < 1.29 is 14.3 Å².